The molecule has 0 saturated carbocycles. The van der Waals surface area contributed by atoms with Gasteiger partial charge in [0.05, 0.1) is 12.3 Å². The van der Waals surface area contributed by atoms with E-state index in [2.05, 4.69) is 13.8 Å². The van der Waals surface area contributed by atoms with Gasteiger partial charge in [-0.2, -0.15) is 0 Å². The molecule has 0 fully saturated rings. The van der Waals surface area contributed by atoms with E-state index in [1.54, 1.807) is 11.4 Å². The van der Waals surface area contributed by atoms with Gasteiger partial charge in [-0.15, -0.1) is 11.3 Å². The largest absolute Gasteiger partial charge is 0.461 e. The molecule has 3 nitrogen and oxygen atoms in total. The van der Waals surface area contributed by atoms with E-state index in [0.717, 1.165) is 12.8 Å². The molecule has 0 aliphatic heterocycles. The first kappa shape index (κ1) is 12.0. The number of nitrogen functional groups attached to an aromatic ring is 1. The summed E-state index contributed by atoms with van der Waals surface area (Å²) in [5, 5.41) is 1.79. The van der Waals surface area contributed by atoms with Gasteiger partial charge >= 0.3 is 5.97 Å². The predicted molar refractivity (Wildman–Crippen MR) is 63.1 cm³/mol. The summed E-state index contributed by atoms with van der Waals surface area (Å²) in [7, 11) is 0. The Morgan fingerprint density at radius 2 is 2.40 bits per heavy atom. The second-order valence-corrected chi connectivity index (χ2v) is 4.61. The van der Waals surface area contributed by atoms with Crippen LogP contribution in [0.15, 0.2) is 11.4 Å². The maximum Gasteiger partial charge on any atom is 0.350 e. The molecule has 0 aromatic carbocycles. The number of ether oxygens (including phenoxy) is 1. The third-order valence-electron chi connectivity index (χ3n) is 2.16. The number of rotatable bonds is 5. The molecule has 0 bridgehead atoms. The van der Waals surface area contributed by atoms with E-state index in [1.165, 1.54) is 11.3 Å². The first-order chi connectivity index (χ1) is 7.15. The van der Waals surface area contributed by atoms with Crippen molar-refractivity contribution in [3.8, 4) is 0 Å². The highest BCUT2D eigenvalue weighted by atomic mass is 32.1. The van der Waals surface area contributed by atoms with Crippen LogP contribution in [0.1, 0.15) is 36.4 Å². The highest BCUT2D eigenvalue weighted by Gasteiger charge is 2.13. The monoisotopic (exact) mass is 227 g/mol. The first-order valence-electron chi connectivity index (χ1n) is 5.15. The molecule has 1 atom stereocenters. The topological polar surface area (TPSA) is 52.3 Å². The predicted octanol–water partition coefficient (Wildman–Crippen LogP) is 2.92. The van der Waals surface area contributed by atoms with Crippen molar-refractivity contribution in [3.05, 3.63) is 16.3 Å². The highest BCUT2D eigenvalue weighted by Crippen LogP contribution is 2.20. The summed E-state index contributed by atoms with van der Waals surface area (Å²) in [5.41, 5.74) is 6.12. The molecule has 4 heteroatoms. The average molecular weight is 227 g/mol. The minimum atomic E-state index is -0.301. The second-order valence-electron chi connectivity index (χ2n) is 3.70. The zero-order valence-corrected chi connectivity index (χ0v) is 9.97. The van der Waals surface area contributed by atoms with Crippen LogP contribution in [0, 0.1) is 5.92 Å². The summed E-state index contributed by atoms with van der Waals surface area (Å²) in [6.07, 6.45) is 2.19. The van der Waals surface area contributed by atoms with E-state index in [9.17, 15) is 4.79 Å². The molecule has 1 aromatic rings. The van der Waals surface area contributed by atoms with E-state index < -0.39 is 0 Å². The zero-order valence-electron chi connectivity index (χ0n) is 9.16. The van der Waals surface area contributed by atoms with E-state index in [-0.39, 0.29) is 5.97 Å². The van der Waals surface area contributed by atoms with Gasteiger partial charge in [0.15, 0.2) is 0 Å². The first-order valence-corrected chi connectivity index (χ1v) is 6.03. The Bertz CT molecular complexity index is 322. The van der Waals surface area contributed by atoms with Gasteiger partial charge in [0.25, 0.3) is 0 Å². The Balaban J connectivity index is 2.40. The number of nitrogens with two attached hydrogens (primary N) is 1. The van der Waals surface area contributed by atoms with Crippen LogP contribution in [-0.4, -0.2) is 12.6 Å². The van der Waals surface area contributed by atoms with Crippen molar-refractivity contribution in [2.24, 2.45) is 5.92 Å². The van der Waals surface area contributed by atoms with Crippen molar-refractivity contribution >= 4 is 23.0 Å². The fourth-order valence-electron chi connectivity index (χ4n) is 1.34. The maximum absolute atomic E-state index is 11.5. The van der Waals surface area contributed by atoms with Gasteiger partial charge in [-0.3, -0.25) is 0 Å². The molecule has 1 aromatic heterocycles. The second kappa shape index (κ2) is 5.75. The molecular formula is C11H17NO2S. The third kappa shape index (κ3) is 3.55. The Hall–Kier alpha value is -1.03. The molecule has 0 saturated heterocycles. The summed E-state index contributed by atoms with van der Waals surface area (Å²) in [4.78, 5) is 12.1. The molecule has 1 heterocycles. The number of esters is 1. The van der Waals surface area contributed by atoms with E-state index >= 15 is 0 Å². The Labute approximate surface area is 94.2 Å². The van der Waals surface area contributed by atoms with Crippen LogP contribution in [0.25, 0.3) is 0 Å². The molecule has 1 rings (SSSR count). The number of hydrogen-bond donors (Lipinski definition) is 1. The van der Waals surface area contributed by atoms with Crippen LogP contribution in [-0.2, 0) is 4.74 Å². The molecule has 15 heavy (non-hydrogen) atoms. The summed E-state index contributed by atoms with van der Waals surface area (Å²) in [6.45, 7) is 4.67. The summed E-state index contributed by atoms with van der Waals surface area (Å²) >= 11 is 1.32. The molecular weight excluding hydrogens is 210 g/mol. The van der Waals surface area contributed by atoms with Crippen molar-refractivity contribution < 1.29 is 9.53 Å². The third-order valence-corrected chi connectivity index (χ3v) is 3.07. The van der Waals surface area contributed by atoms with Gasteiger partial charge in [-0.1, -0.05) is 20.3 Å². The van der Waals surface area contributed by atoms with Crippen LogP contribution >= 0.6 is 11.3 Å². The van der Waals surface area contributed by atoms with Gasteiger partial charge < -0.3 is 10.5 Å². The van der Waals surface area contributed by atoms with Crippen LogP contribution in [0.2, 0.25) is 0 Å². The number of hydrogen-bond acceptors (Lipinski definition) is 4. The number of carbonyl (C=O) groups excluding carboxylic acids is 1. The maximum atomic E-state index is 11.5. The van der Waals surface area contributed by atoms with E-state index in [1.807, 2.05) is 0 Å². The lowest BCUT2D eigenvalue weighted by Crippen LogP contribution is -2.12. The van der Waals surface area contributed by atoms with Gasteiger partial charge in [-0.05, 0) is 23.8 Å². The Morgan fingerprint density at radius 3 is 2.93 bits per heavy atom. The summed E-state index contributed by atoms with van der Waals surface area (Å²) in [5.74, 6) is 0.116. The lowest BCUT2D eigenvalue weighted by atomic mass is 10.1. The summed E-state index contributed by atoms with van der Waals surface area (Å²) < 4.78 is 5.17. The SMILES string of the molecule is CCCC(C)COC(=O)c1sccc1N. The minimum Gasteiger partial charge on any atom is -0.461 e. The van der Waals surface area contributed by atoms with Crippen LogP contribution in [0.4, 0.5) is 5.69 Å². The van der Waals surface area contributed by atoms with Gasteiger partial charge in [0.1, 0.15) is 4.88 Å². The standard InChI is InChI=1S/C11H17NO2S/c1-3-4-8(2)7-14-11(13)10-9(12)5-6-15-10/h5-6,8H,3-4,7,12H2,1-2H3. The normalized spacial score (nSPS) is 12.4. The molecule has 2 N–H and O–H groups in total. The molecule has 0 aliphatic rings. The van der Waals surface area contributed by atoms with E-state index in [4.69, 9.17) is 10.5 Å². The molecule has 0 radical (unpaired) electrons. The molecule has 1 unspecified atom stereocenters. The lowest BCUT2D eigenvalue weighted by Gasteiger charge is -2.10. The van der Waals surface area contributed by atoms with Crippen molar-refractivity contribution in [1.29, 1.82) is 0 Å². The number of thiophene rings is 1. The fourth-order valence-corrected chi connectivity index (χ4v) is 2.05. The van der Waals surface area contributed by atoms with Crippen LogP contribution in [0.5, 0.6) is 0 Å². The van der Waals surface area contributed by atoms with Crippen molar-refractivity contribution in [3.63, 3.8) is 0 Å². The van der Waals surface area contributed by atoms with Crippen LogP contribution in [0.3, 0.4) is 0 Å². The van der Waals surface area contributed by atoms with Crippen molar-refractivity contribution in [2.75, 3.05) is 12.3 Å². The molecule has 0 amide bonds. The minimum absolute atomic E-state index is 0.301. The average Bonchev–Trinajstić information content (AvgIpc) is 2.61. The van der Waals surface area contributed by atoms with E-state index in [0.29, 0.717) is 23.1 Å². The number of carbonyl (C=O) groups is 1. The molecule has 84 valence electrons. The Morgan fingerprint density at radius 1 is 1.67 bits per heavy atom. The molecule has 0 aliphatic carbocycles. The smallest absolute Gasteiger partial charge is 0.350 e. The van der Waals surface area contributed by atoms with Crippen molar-refractivity contribution in [1.82, 2.24) is 0 Å². The van der Waals surface area contributed by atoms with Crippen LogP contribution < -0.4 is 5.73 Å². The van der Waals surface area contributed by atoms with Gasteiger partial charge in [-0.25, -0.2) is 4.79 Å². The lowest BCUT2D eigenvalue weighted by molar-refractivity contribution is 0.0450. The van der Waals surface area contributed by atoms with Gasteiger partial charge in [0.2, 0.25) is 0 Å². The van der Waals surface area contributed by atoms with Crippen molar-refractivity contribution in [2.45, 2.75) is 26.7 Å². The quantitative estimate of drug-likeness (QED) is 0.787. The number of anilines is 1. The zero-order chi connectivity index (χ0) is 11.3. The Kier molecular flexibility index (Phi) is 4.62. The summed E-state index contributed by atoms with van der Waals surface area (Å²) in [6, 6.07) is 1.72. The fraction of sp³-hybridized carbons (Fsp3) is 0.545. The highest BCUT2D eigenvalue weighted by molar-refractivity contribution is 7.12. The van der Waals surface area contributed by atoms with Gasteiger partial charge in [0, 0.05) is 0 Å². The molecule has 0 spiro atoms.